The van der Waals surface area contributed by atoms with Gasteiger partial charge in [0.05, 0.1) is 18.3 Å². The second kappa shape index (κ2) is 6.67. The topological polar surface area (TPSA) is 35.9 Å². The fourth-order valence-electron chi connectivity index (χ4n) is 3.27. The van der Waals surface area contributed by atoms with Gasteiger partial charge in [-0.2, -0.15) is 0 Å². The van der Waals surface area contributed by atoms with Crippen molar-refractivity contribution >= 4 is 5.69 Å². The standard InChI is InChI=1S/C17H26N2O2/c1-14-6-8-18(9-7-14)12-15(20)13-19-10-11-21-17-5-3-2-4-16(17)19/h2-5,14-15,20H,6-13H2,1H3. The van der Waals surface area contributed by atoms with Crippen LogP contribution in [0, 0.1) is 5.92 Å². The Balaban J connectivity index is 1.54. The fraction of sp³-hybridized carbons (Fsp3) is 0.647. The van der Waals surface area contributed by atoms with Crippen LogP contribution in [0.1, 0.15) is 19.8 Å². The van der Waals surface area contributed by atoms with Crippen molar-refractivity contribution in [3.63, 3.8) is 0 Å². The summed E-state index contributed by atoms with van der Waals surface area (Å²) in [4.78, 5) is 4.65. The van der Waals surface area contributed by atoms with Crippen molar-refractivity contribution in [2.45, 2.75) is 25.9 Å². The molecule has 0 amide bonds. The molecular weight excluding hydrogens is 264 g/mol. The van der Waals surface area contributed by atoms with Crippen molar-refractivity contribution < 1.29 is 9.84 Å². The molecule has 2 aliphatic heterocycles. The van der Waals surface area contributed by atoms with Crippen LogP contribution in [0.4, 0.5) is 5.69 Å². The molecule has 3 rings (SSSR count). The average molecular weight is 290 g/mol. The highest BCUT2D eigenvalue weighted by molar-refractivity contribution is 5.59. The van der Waals surface area contributed by atoms with Gasteiger partial charge in [0.15, 0.2) is 0 Å². The highest BCUT2D eigenvalue weighted by atomic mass is 16.5. The van der Waals surface area contributed by atoms with Crippen molar-refractivity contribution in [2.75, 3.05) is 44.2 Å². The van der Waals surface area contributed by atoms with Gasteiger partial charge in [-0.25, -0.2) is 0 Å². The second-order valence-corrected chi connectivity index (χ2v) is 6.40. The molecule has 1 aromatic rings. The number of nitrogens with zero attached hydrogens (tertiary/aromatic N) is 2. The molecule has 1 N–H and O–H groups in total. The van der Waals surface area contributed by atoms with E-state index in [0.29, 0.717) is 13.2 Å². The van der Waals surface area contributed by atoms with Crippen LogP contribution in [0.5, 0.6) is 5.75 Å². The van der Waals surface area contributed by atoms with Gasteiger partial charge in [-0.3, -0.25) is 0 Å². The smallest absolute Gasteiger partial charge is 0.142 e. The predicted molar refractivity (Wildman–Crippen MR) is 85.0 cm³/mol. The molecule has 1 fully saturated rings. The van der Waals surface area contributed by atoms with E-state index in [9.17, 15) is 5.11 Å². The Morgan fingerprint density at radius 2 is 1.95 bits per heavy atom. The quantitative estimate of drug-likeness (QED) is 0.920. The zero-order valence-corrected chi connectivity index (χ0v) is 12.9. The van der Waals surface area contributed by atoms with Crippen LogP contribution >= 0.6 is 0 Å². The number of hydrogen-bond acceptors (Lipinski definition) is 4. The number of rotatable bonds is 4. The number of fused-ring (bicyclic) bond motifs is 1. The summed E-state index contributed by atoms with van der Waals surface area (Å²) in [6, 6.07) is 8.09. The number of β-amino-alcohol motifs (C(OH)–C–C–N with tert-alkyl or cyclic N) is 1. The number of aliphatic hydroxyl groups is 1. The van der Waals surface area contributed by atoms with Gasteiger partial charge in [-0.05, 0) is 44.0 Å². The lowest BCUT2D eigenvalue weighted by atomic mass is 9.99. The number of hydrogen-bond donors (Lipinski definition) is 1. The van der Waals surface area contributed by atoms with Gasteiger partial charge in [0.2, 0.25) is 0 Å². The van der Waals surface area contributed by atoms with Gasteiger partial charge >= 0.3 is 0 Å². The van der Waals surface area contributed by atoms with Gasteiger partial charge < -0.3 is 19.6 Å². The molecule has 116 valence electrons. The third-order valence-corrected chi connectivity index (χ3v) is 4.60. The number of benzene rings is 1. The molecule has 1 atom stereocenters. The molecule has 0 radical (unpaired) electrons. The first-order valence-corrected chi connectivity index (χ1v) is 8.09. The number of piperidine rings is 1. The SMILES string of the molecule is CC1CCN(CC(O)CN2CCOc3ccccc32)CC1. The molecule has 0 aliphatic carbocycles. The summed E-state index contributed by atoms with van der Waals surface area (Å²) in [5.41, 5.74) is 1.11. The number of likely N-dealkylation sites (tertiary alicyclic amines) is 1. The van der Waals surface area contributed by atoms with Crippen molar-refractivity contribution in [3.8, 4) is 5.75 Å². The third-order valence-electron chi connectivity index (χ3n) is 4.60. The minimum atomic E-state index is -0.301. The molecule has 1 unspecified atom stereocenters. The molecular formula is C17H26N2O2. The largest absolute Gasteiger partial charge is 0.490 e. The van der Waals surface area contributed by atoms with Crippen LogP contribution in [0.25, 0.3) is 0 Å². The maximum absolute atomic E-state index is 10.4. The van der Waals surface area contributed by atoms with Crippen molar-refractivity contribution in [1.29, 1.82) is 0 Å². The van der Waals surface area contributed by atoms with Crippen LogP contribution in [-0.2, 0) is 0 Å². The highest BCUT2D eigenvalue weighted by Crippen LogP contribution is 2.30. The Labute approximate surface area is 127 Å². The van der Waals surface area contributed by atoms with E-state index in [0.717, 1.165) is 43.5 Å². The van der Waals surface area contributed by atoms with Crippen LogP contribution < -0.4 is 9.64 Å². The lowest BCUT2D eigenvalue weighted by molar-refractivity contribution is 0.0940. The number of aliphatic hydroxyl groups excluding tert-OH is 1. The van der Waals surface area contributed by atoms with Crippen LogP contribution in [-0.4, -0.2) is 55.4 Å². The molecule has 4 nitrogen and oxygen atoms in total. The zero-order valence-electron chi connectivity index (χ0n) is 12.9. The van der Waals surface area contributed by atoms with Gasteiger partial charge in [0.1, 0.15) is 12.4 Å². The van der Waals surface area contributed by atoms with Crippen LogP contribution in [0.15, 0.2) is 24.3 Å². The summed E-state index contributed by atoms with van der Waals surface area (Å²) < 4.78 is 5.66. The summed E-state index contributed by atoms with van der Waals surface area (Å²) in [6.45, 7) is 7.59. The minimum Gasteiger partial charge on any atom is -0.490 e. The van der Waals surface area contributed by atoms with E-state index in [1.807, 2.05) is 18.2 Å². The summed E-state index contributed by atoms with van der Waals surface area (Å²) in [5, 5.41) is 10.4. The van der Waals surface area contributed by atoms with Gasteiger partial charge in [-0.15, -0.1) is 0 Å². The Morgan fingerprint density at radius 3 is 2.76 bits per heavy atom. The first-order chi connectivity index (χ1) is 10.2. The summed E-state index contributed by atoms with van der Waals surface area (Å²) in [6.07, 6.45) is 2.21. The van der Waals surface area contributed by atoms with Gasteiger partial charge in [0.25, 0.3) is 0 Å². The van der Waals surface area contributed by atoms with E-state index in [-0.39, 0.29) is 6.10 Å². The third kappa shape index (κ3) is 3.69. The first-order valence-electron chi connectivity index (χ1n) is 8.09. The van der Waals surface area contributed by atoms with E-state index < -0.39 is 0 Å². The van der Waals surface area contributed by atoms with Crippen LogP contribution in [0.2, 0.25) is 0 Å². The van der Waals surface area contributed by atoms with Gasteiger partial charge in [-0.1, -0.05) is 19.1 Å². The van der Waals surface area contributed by atoms with E-state index in [2.05, 4.69) is 22.8 Å². The molecule has 4 heteroatoms. The molecule has 21 heavy (non-hydrogen) atoms. The molecule has 1 aromatic carbocycles. The molecule has 1 saturated heterocycles. The number of para-hydroxylation sites is 2. The van der Waals surface area contributed by atoms with E-state index in [1.54, 1.807) is 0 Å². The van der Waals surface area contributed by atoms with Crippen LogP contribution in [0.3, 0.4) is 0 Å². The van der Waals surface area contributed by atoms with Crippen molar-refractivity contribution in [3.05, 3.63) is 24.3 Å². The average Bonchev–Trinajstić information content (AvgIpc) is 2.50. The maximum Gasteiger partial charge on any atom is 0.142 e. The predicted octanol–water partition coefficient (Wildman–Crippen LogP) is 1.98. The molecule has 0 saturated carbocycles. The minimum absolute atomic E-state index is 0.301. The first kappa shape index (κ1) is 14.7. The molecule has 0 aromatic heterocycles. The molecule has 2 heterocycles. The summed E-state index contributed by atoms with van der Waals surface area (Å²) in [7, 11) is 0. The number of anilines is 1. The Bertz CT molecular complexity index is 458. The maximum atomic E-state index is 10.4. The fourth-order valence-corrected chi connectivity index (χ4v) is 3.27. The summed E-state index contributed by atoms with van der Waals surface area (Å²) in [5.74, 6) is 1.77. The van der Waals surface area contributed by atoms with Gasteiger partial charge in [0, 0.05) is 13.1 Å². The van der Waals surface area contributed by atoms with E-state index in [1.165, 1.54) is 12.8 Å². The second-order valence-electron chi connectivity index (χ2n) is 6.40. The van der Waals surface area contributed by atoms with Crippen molar-refractivity contribution in [2.24, 2.45) is 5.92 Å². The number of ether oxygens (including phenoxy) is 1. The monoisotopic (exact) mass is 290 g/mol. The zero-order chi connectivity index (χ0) is 14.7. The molecule has 0 spiro atoms. The lowest BCUT2D eigenvalue weighted by Gasteiger charge is -2.35. The summed E-state index contributed by atoms with van der Waals surface area (Å²) >= 11 is 0. The Hall–Kier alpha value is -1.26. The van der Waals surface area contributed by atoms with Crippen molar-refractivity contribution in [1.82, 2.24) is 4.90 Å². The highest BCUT2D eigenvalue weighted by Gasteiger charge is 2.22. The lowest BCUT2D eigenvalue weighted by Crippen LogP contribution is -2.45. The van der Waals surface area contributed by atoms with E-state index in [4.69, 9.17) is 4.74 Å². The Kier molecular flexibility index (Phi) is 4.66. The normalized spacial score (nSPS) is 21.7. The molecule has 0 bridgehead atoms. The Morgan fingerprint density at radius 1 is 1.19 bits per heavy atom. The molecule has 2 aliphatic rings. The van der Waals surface area contributed by atoms with E-state index >= 15 is 0 Å².